The average molecular weight is 350 g/mol. The maximum Gasteiger partial charge on any atom is 0.263 e. The molecule has 2 saturated heterocycles. The van der Waals surface area contributed by atoms with Crippen molar-refractivity contribution in [2.24, 2.45) is 0 Å². The van der Waals surface area contributed by atoms with E-state index in [4.69, 9.17) is 10.00 Å². The fourth-order valence-electron chi connectivity index (χ4n) is 2.91. The number of morpholine rings is 1. The second kappa shape index (κ2) is 11.8. The van der Waals surface area contributed by atoms with Gasteiger partial charge in [0.05, 0.1) is 13.2 Å². The predicted octanol–water partition coefficient (Wildman–Crippen LogP) is -1.27. The van der Waals surface area contributed by atoms with Gasteiger partial charge in [0, 0.05) is 65.1 Å². The van der Waals surface area contributed by atoms with Crippen molar-refractivity contribution in [2.75, 3.05) is 78.7 Å². The lowest BCUT2D eigenvalue weighted by Crippen LogP contribution is -2.46. The summed E-state index contributed by atoms with van der Waals surface area (Å²) in [6, 6.07) is 1.97. The molecule has 0 aliphatic carbocycles. The number of hydrogen-bond donors (Lipinski definition) is 3. The van der Waals surface area contributed by atoms with Crippen LogP contribution in [0.15, 0.2) is 11.8 Å². The van der Waals surface area contributed by atoms with Crippen LogP contribution in [0.5, 0.6) is 0 Å². The quantitative estimate of drug-likeness (QED) is 0.271. The van der Waals surface area contributed by atoms with Crippen molar-refractivity contribution in [1.82, 2.24) is 25.8 Å². The SMILES string of the molecule is N#C/C(=C/NCCCN1CCOCC1)C(=O)NCCN1CCNCC1. The molecule has 1 amide bonds. The Morgan fingerprint density at radius 3 is 2.56 bits per heavy atom. The van der Waals surface area contributed by atoms with Gasteiger partial charge in [0.1, 0.15) is 11.6 Å². The van der Waals surface area contributed by atoms with Crippen LogP contribution < -0.4 is 16.0 Å². The van der Waals surface area contributed by atoms with Crippen molar-refractivity contribution in [1.29, 1.82) is 5.26 Å². The number of ether oxygens (including phenoxy) is 1. The lowest BCUT2D eigenvalue weighted by molar-refractivity contribution is -0.117. The van der Waals surface area contributed by atoms with Crippen molar-refractivity contribution in [2.45, 2.75) is 6.42 Å². The van der Waals surface area contributed by atoms with Crippen LogP contribution in [0.2, 0.25) is 0 Å². The molecule has 140 valence electrons. The van der Waals surface area contributed by atoms with E-state index in [0.29, 0.717) is 6.54 Å². The van der Waals surface area contributed by atoms with Crippen LogP contribution in [-0.2, 0) is 9.53 Å². The lowest BCUT2D eigenvalue weighted by Gasteiger charge is -2.27. The predicted molar refractivity (Wildman–Crippen MR) is 95.9 cm³/mol. The molecule has 8 nitrogen and oxygen atoms in total. The normalized spacial score (nSPS) is 20.0. The minimum Gasteiger partial charge on any atom is -0.390 e. The molecule has 0 aromatic carbocycles. The molecule has 0 radical (unpaired) electrons. The summed E-state index contributed by atoms with van der Waals surface area (Å²) < 4.78 is 5.32. The Kier molecular flexibility index (Phi) is 9.29. The first-order valence-corrected chi connectivity index (χ1v) is 9.14. The number of hydrogen-bond acceptors (Lipinski definition) is 7. The highest BCUT2D eigenvalue weighted by Gasteiger charge is 2.12. The first-order chi connectivity index (χ1) is 12.3. The zero-order valence-electron chi connectivity index (χ0n) is 14.9. The summed E-state index contributed by atoms with van der Waals surface area (Å²) in [5.41, 5.74) is 0.131. The van der Waals surface area contributed by atoms with E-state index in [-0.39, 0.29) is 11.5 Å². The van der Waals surface area contributed by atoms with Crippen LogP contribution in [0.4, 0.5) is 0 Å². The number of nitrogens with one attached hydrogen (secondary N) is 3. The summed E-state index contributed by atoms with van der Waals surface area (Å²) >= 11 is 0. The number of rotatable bonds is 9. The van der Waals surface area contributed by atoms with Gasteiger partial charge < -0.3 is 20.7 Å². The minimum absolute atomic E-state index is 0.131. The maximum atomic E-state index is 12.0. The van der Waals surface area contributed by atoms with E-state index in [1.165, 1.54) is 6.20 Å². The molecule has 0 aromatic heterocycles. The fraction of sp³-hybridized carbons (Fsp3) is 0.765. The monoisotopic (exact) mass is 350 g/mol. The molecule has 0 unspecified atom stereocenters. The van der Waals surface area contributed by atoms with Crippen molar-refractivity contribution < 1.29 is 9.53 Å². The van der Waals surface area contributed by atoms with E-state index in [0.717, 1.165) is 78.5 Å². The second-order valence-electron chi connectivity index (χ2n) is 6.28. The van der Waals surface area contributed by atoms with Gasteiger partial charge in [0.25, 0.3) is 5.91 Å². The molecule has 2 aliphatic rings. The highest BCUT2D eigenvalue weighted by atomic mass is 16.5. The van der Waals surface area contributed by atoms with Crippen molar-refractivity contribution in [3.8, 4) is 6.07 Å². The molecule has 2 fully saturated rings. The van der Waals surface area contributed by atoms with Gasteiger partial charge in [-0.05, 0) is 13.0 Å². The second-order valence-corrected chi connectivity index (χ2v) is 6.28. The van der Waals surface area contributed by atoms with E-state index in [1.807, 2.05) is 6.07 Å². The van der Waals surface area contributed by atoms with Crippen LogP contribution in [0.3, 0.4) is 0 Å². The Bertz CT molecular complexity index is 464. The Hall–Kier alpha value is -1.66. The van der Waals surface area contributed by atoms with Gasteiger partial charge in [-0.15, -0.1) is 0 Å². The Balaban J connectivity index is 1.57. The molecular formula is C17H30N6O2. The van der Waals surface area contributed by atoms with E-state index in [2.05, 4.69) is 25.8 Å². The Labute approximate surface area is 150 Å². The third-order valence-electron chi connectivity index (χ3n) is 4.43. The van der Waals surface area contributed by atoms with Gasteiger partial charge in [-0.3, -0.25) is 14.6 Å². The van der Waals surface area contributed by atoms with Gasteiger partial charge in [-0.1, -0.05) is 0 Å². The third-order valence-corrected chi connectivity index (χ3v) is 4.43. The summed E-state index contributed by atoms with van der Waals surface area (Å²) in [5.74, 6) is -0.307. The average Bonchev–Trinajstić information content (AvgIpc) is 2.66. The van der Waals surface area contributed by atoms with Crippen molar-refractivity contribution in [3.63, 3.8) is 0 Å². The summed E-state index contributed by atoms with van der Waals surface area (Å²) in [7, 11) is 0. The molecule has 2 rings (SSSR count). The molecule has 2 heterocycles. The third kappa shape index (κ3) is 7.84. The number of nitrogens with zero attached hydrogens (tertiary/aromatic N) is 3. The molecule has 0 aromatic rings. The summed E-state index contributed by atoms with van der Waals surface area (Å²) in [6.07, 6.45) is 2.50. The lowest BCUT2D eigenvalue weighted by atomic mass is 10.3. The molecule has 2 aliphatic heterocycles. The summed E-state index contributed by atoms with van der Waals surface area (Å²) in [5, 5.41) is 18.3. The van der Waals surface area contributed by atoms with Gasteiger partial charge in [0.15, 0.2) is 0 Å². The first kappa shape index (κ1) is 19.7. The fourth-order valence-corrected chi connectivity index (χ4v) is 2.91. The van der Waals surface area contributed by atoms with Crippen LogP contribution in [-0.4, -0.2) is 94.4 Å². The van der Waals surface area contributed by atoms with Gasteiger partial charge in [-0.2, -0.15) is 5.26 Å². The zero-order valence-corrected chi connectivity index (χ0v) is 14.9. The summed E-state index contributed by atoms with van der Waals surface area (Å²) in [6.45, 7) is 10.7. The Morgan fingerprint density at radius 2 is 1.84 bits per heavy atom. The number of carbonyl (C=O) groups excluding carboxylic acids is 1. The highest BCUT2D eigenvalue weighted by molar-refractivity contribution is 5.97. The van der Waals surface area contributed by atoms with Crippen LogP contribution in [0, 0.1) is 11.3 Å². The minimum atomic E-state index is -0.307. The number of nitriles is 1. The molecule has 0 bridgehead atoms. The van der Waals surface area contributed by atoms with E-state index >= 15 is 0 Å². The number of piperazine rings is 1. The highest BCUT2D eigenvalue weighted by Crippen LogP contribution is 1.98. The van der Waals surface area contributed by atoms with E-state index in [1.54, 1.807) is 0 Å². The van der Waals surface area contributed by atoms with Crippen LogP contribution >= 0.6 is 0 Å². The van der Waals surface area contributed by atoms with E-state index < -0.39 is 0 Å². The molecular weight excluding hydrogens is 320 g/mol. The molecule has 0 spiro atoms. The molecule has 25 heavy (non-hydrogen) atoms. The largest absolute Gasteiger partial charge is 0.390 e. The molecule has 3 N–H and O–H groups in total. The van der Waals surface area contributed by atoms with E-state index in [9.17, 15) is 4.79 Å². The Morgan fingerprint density at radius 1 is 1.12 bits per heavy atom. The van der Waals surface area contributed by atoms with Gasteiger partial charge in [-0.25, -0.2) is 0 Å². The first-order valence-electron chi connectivity index (χ1n) is 9.14. The van der Waals surface area contributed by atoms with Crippen LogP contribution in [0.25, 0.3) is 0 Å². The number of amides is 1. The molecule has 0 saturated carbocycles. The van der Waals surface area contributed by atoms with Gasteiger partial charge in [0.2, 0.25) is 0 Å². The standard InChI is InChI=1S/C17H30N6O2/c18-14-16(15-20-2-1-6-22-10-12-25-13-11-22)17(24)21-5-9-23-7-3-19-4-8-23/h15,19-20H,1-13H2,(H,21,24)/b16-15-. The maximum absolute atomic E-state index is 12.0. The number of carbonyl (C=O) groups is 1. The molecule has 8 heteroatoms. The van der Waals surface area contributed by atoms with Gasteiger partial charge >= 0.3 is 0 Å². The van der Waals surface area contributed by atoms with Crippen molar-refractivity contribution >= 4 is 5.91 Å². The molecule has 0 atom stereocenters. The topological polar surface area (TPSA) is 92.7 Å². The summed E-state index contributed by atoms with van der Waals surface area (Å²) in [4.78, 5) is 16.7. The zero-order chi connectivity index (χ0) is 17.7. The van der Waals surface area contributed by atoms with Crippen LogP contribution in [0.1, 0.15) is 6.42 Å². The van der Waals surface area contributed by atoms with Crippen molar-refractivity contribution in [3.05, 3.63) is 11.8 Å². The smallest absolute Gasteiger partial charge is 0.263 e.